The lowest BCUT2D eigenvalue weighted by molar-refractivity contribution is 0.102. The molecule has 2 aromatic rings. The molecule has 0 amide bonds. The van der Waals surface area contributed by atoms with Crippen molar-refractivity contribution in [2.45, 2.75) is 0 Å². The molecule has 0 aromatic carbocycles. The largest absolute Gasteiger partial charge is 0.342 e. The van der Waals surface area contributed by atoms with E-state index in [-0.39, 0.29) is 17.3 Å². The van der Waals surface area contributed by atoms with Crippen molar-refractivity contribution in [1.82, 2.24) is 15.0 Å². The lowest BCUT2D eigenvalue weighted by Crippen LogP contribution is -2.06. The number of hydrogen-bond acceptors (Lipinski definition) is 3. The predicted molar refractivity (Wildman–Crippen MR) is 51.3 cm³/mol. The molecule has 0 spiro atoms. The lowest BCUT2D eigenvalue weighted by atomic mass is 10.2. The van der Waals surface area contributed by atoms with Gasteiger partial charge in [0.2, 0.25) is 5.78 Å². The summed E-state index contributed by atoms with van der Waals surface area (Å²) in [5.74, 6) is -0.0637. The highest BCUT2D eigenvalue weighted by Crippen LogP contribution is 2.14. The molecule has 2 heterocycles. The van der Waals surface area contributed by atoms with Gasteiger partial charge in [0, 0.05) is 18.6 Å². The quantitative estimate of drug-likeness (QED) is 0.763. The number of halogens is 1. The zero-order chi connectivity index (χ0) is 9.97. The number of nitrogens with one attached hydrogen (secondary N) is 1. The Bertz CT molecular complexity index is 453. The van der Waals surface area contributed by atoms with Crippen LogP contribution in [0.3, 0.4) is 0 Å². The topological polar surface area (TPSA) is 58.6 Å². The van der Waals surface area contributed by atoms with Crippen LogP contribution in [0, 0.1) is 0 Å². The van der Waals surface area contributed by atoms with Crippen LogP contribution in [0.5, 0.6) is 0 Å². The normalized spacial score (nSPS) is 10.1. The van der Waals surface area contributed by atoms with Crippen LogP contribution in [0.2, 0.25) is 5.02 Å². The van der Waals surface area contributed by atoms with E-state index in [1.807, 2.05) is 0 Å². The number of aromatic amines is 1. The first kappa shape index (κ1) is 8.90. The Hall–Kier alpha value is -1.68. The molecule has 0 aliphatic heterocycles. The smallest absolute Gasteiger partial charge is 0.248 e. The first-order chi connectivity index (χ1) is 6.79. The molecule has 0 fully saturated rings. The van der Waals surface area contributed by atoms with Crippen LogP contribution in [0.1, 0.15) is 16.3 Å². The summed E-state index contributed by atoms with van der Waals surface area (Å²) in [5.41, 5.74) is 0.212. The third-order valence-electron chi connectivity index (χ3n) is 1.69. The maximum atomic E-state index is 11.7. The summed E-state index contributed by atoms with van der Waals surface area (Å²) in [6.45, 7) is 0. The monoisotopic (exact) mass is 207 g/mol. The number of ketones is 1. The van der Waals surface area contributed by atoms with Gasteiger partial charge in [-0.1, -0.05) is 11.6 Å². The van der Waals surface area contributed by atoms with Crippen molar-refractivity contribution in [3.05, 3.63) is 47.3 Å². The molecular formula is C9H6ClN3O. The zero-order valence-corrected chi connectivity index (χ0v) is 7.82. The molecule has 2 aromatic heterocycles. The molecule has 0 saturated carbocycles. The molecule has 70 valence electrons. The molecular weight excluding hydrogens is 202 g/mol. The van der Waals surface area contributed by atoms with Crippen molar-refractivity contribution < 1.29 is 4.79 Å². The summed E-state index contributed by atoms with van der Waals surface area (Å²) in [6.07, 6.45) is 4.59. The van der Waals surface area contributed by atoms with Gasteiger partial charge in [-0.25, -0.2) is 4.98 Å². The highest BCUT2D eigenvalue weighted by Gasteiger charge is 2.15. The molecule has 1 N–H and O–H groups in total. The number of pyridine rings is 1. The minimum absolute atomic E-state index is 0.212. The summed E-state index contributed by atoms with van der Waals surface area (Å²) >= 11 is 5.81. The average Bonchev–Trinajstić information content (AvgIpc) is 2.70. The van der Waals surface area contributed by atoms with Crippen molar-refractivity contribution in [2.24, 2.45) is 0 Å². The summed E-state index contributed by atoms with van der Waals surface area (Å²) in [4.78, 5) is 22.1. The second kappa shape index (κ2) is 3.59. The van der Waals surface area contributed by atoms with Gasteiger partial charge in [-0.2, -0.15) is 0 Å². The van der Waals surface area contributed by atoms with Gasteiger partial charge in [-0.15, -0.1) is 0 Å². The van der Waals surface area contributed by atoms with Gasteiger partial charge in [-0.05, 0) is 12.1 Å². The van der Waals surface area contributed by atoms with E-state index < -0.39 is 0 Å². The van der Waals surface area contributed by atoms with Crippen LogP contribution in [0.4, 0.5) is 0 Å². The van der Waals surface area contributed by atoms with Crippen LogP contribution in [-0.4, -0.2) is 20.7 Å². The number of hydrogen-bond donors (Lipinski definition) is 1. The second-order valence-electron chi connectivity index (χ2n) is 2.60. The number of rotatable bonds is 2. The standard InChI is InChI=1S/C9H6ClN3O/c10-6-2-1-3-11-7(6)8(14)9-12-4-5-13-9/h1-5H,(H,12,13). The summed E-state index contributed by atoms with van der Waals surface area (Å²) in [6, 6.07) is 3.28. The summed E-state index contributed by atoms with van der Waals surface area (Å²) < 4.78 is 0. The van der Waals surface area contributed by atoms with E-state index in [0.29, 0.717) is 5.02 Å². The number of aromatic nitrogens is 3. The van der Waals surface area contributed by atoms with E-state index in [1.54, 1.807) is 18.3 Å². The molecule has 0 aliphatic rings. The molecule has 5 heteroatoms. The third kappa shape index (κ3) is 1.52. The zero-order valence-electron chi connectivity index (χ0n) is 7.07. The van der Waals surface area contributed by atoms with Gasteiger partial charge in [0.1, 0.15) is 5.69 Å². The van der Waals surface area contributed by atoms with Gasteiger partial charge in [0.25, 0.3) is 0 Å². The van der Waals surface area contributed by atoms with E-state index in [4.69, 9.17) is 11.6 Å². The van der Waals surface area contributed by atoms with Crippen LogP contribution < -0.4 is 0 Å². The summed E-state index contributed by atoms with van der Waals surface area (Å²) in [5, 5.41) is 0.328. The van der Waals surface area contributed by atoms with Crippen LogP contribution in [-0.2, 0) is 0 Å². The van der Waals surface area contributed by atoms with Crippen molar-refractivity contribution >= 4 is 17.4 Å². The second-order valence-corrected chi connectivity index (χ2v) is 3.01. The number of carbonyl (C=O) groups excluding carboxylic acids is 1. The minimum Gasteiger partial charge on any atom is -0.342 e. The average molecular weight is 208 g/mol. The van der Waals surface area contributed by atoms with Crippen LogP contribution in [0.15, 0.2) is 30.7 Å². The van der Waals surface area contributed by atoms with E-state index in [0.717, 1.165) is 0 Å². The Morgan fingerprint density at radius 2 is 2.21 bits per heavy atom. The fourth-order valence-corrected chi connectivity index (χ4v) is 1.26. The minimum atomic E-state index is -0.305. The molecule has 0 aliphatic carbocycles. The molecule has 0 radical (unpaired) electrons. The Morgan fingerprint density at radius 3 is 2.86 bits per heavy atom. The molecule has 2 rings (SSSR count). The number of nitrogens with zero attached hydrogens (tertiary/aromatic N) is 2. The van der Waals surface area contributed by atoms with E-state index in [9.17, 15) is 4.79 Å². The fraction of sp³-hybridized carbons (Fsp3) is 0. The Kier molecular flexibility index (Phi) is 2.28. The Balaban J connectivity index is 2.42. The van der Waals surface area contributed by atoms with Crippen molar-refractivity contribution in [3.63, 3.8) is 0 Å². The van der Waals surface area contributed by atoms with Crippen molar-refractivity contribution in [3.8, 4) is 0 Å². The fourth-order valence-electron chi connectivity index (χ4n) is 1.05. The highest BCUT2D eigenvalue weighted by molar-refractivity contribution is 6.34. The number of H-pyrrole nitrogens is 1. The first-order valence-electron chi connectivity index (χ1n) is 3.93. The van der Waals surface area contributed by atoms with Gasteiger partial charge >= 0.3 is 0 Å². The van der Waals surface area contributed by atoms with Crippen LogP contribution >= 0.6 is 11.6 Å². The SMILES string of the molecule is O=C(c1ncc[nH]1)c1ncccc1Cl. The van der Waals surface area contributed by atoms with Gasteiger partial charge in [0.15, 0.2) is 5.82 Å². The predicted octanol–water partition coefficient (Wildman–Crippen LogP) is 1.69. The summed E-state index contributed by atoms with van der Waals surface area (Å²) in [7, 11) is 0. The lowest BCUT2D eigenvalue weighted by Gasteiger charge is -1.98. The first-order valence-corrected chi connectivity index (χ1v) is 4.31. The van der Waals surface area contributed by atoms with E-state index in [1.165, 1.54) is 12.4 Å². The highest BCUT2D eigenvalue weighted by atomic mass is 35.5. The molecule has 0 bridgehead atoms. The van der Waals surface area contributed by atoms with E-state index >= 15 is 0 Å². The molecule has 0 unspecified atom stereocenters. The van der Waals surface area contributed by atoms with Gasteiger partial charge < -0.3 is 4.98 Å². The van der Waals surface area contributed by atoms with Crippen molar-refractivity contribution in [1.29, 1.82) is 0 Å². The molecule has 0 saturated heterocycles. The Morgan fingerprint density at radius 1 is 1.36 bits per heavy atom. The molecule has 4 nitrogen and oxygen atoms in total. The number of imidazole rings is 1. The Labute approximate surface area is 85.0 Å². The van der Waals surface area contributed by atoms with Gasteiger partial charge in [0.05, 0.1) is 5.02 Å². The molecule has 14 heavy (non-hydrogen) atoms. The van der Waals surface area contributed by atoms with E-state index in [2.05, 4.69) is 15.0 Å². The van der Waals surface area contributed by atoms with Gasteiger partial charge in [-0.3, -0.25) is 9.78 Å². The number of carbonyl (C=O) groups is 1. The third-order valence-corrected chi connectivity index (χ3v) is 1.99. The van der Waals surface area contributed by atoms with Crippen LogP contribution in [0.25, 0.3) is 0 Å². The maximum absolute atomic E-state index is 11.7. The maximum Gasteiger partial charge on any atom is 0.248 e. The van der Waals surface area contributed by atoms with Crippen molar-refractivity contribution in [2.75, 3.05) is 0 Å². The molecule has 0 atom stereocenters.